The minimum absolute atomic E-state index is 0.0548. The second-order valence-corrected chi connectivity index (χ2v) is 5.49. The van der Waals surface area contributed by atoms with Crippen molar-refractivity contribution in [2.75, 3.05) is 18.0 Å². The molecular formula is C16H20N2O. The van der Waals surface area contributed by atoms with Crippen LogP contribution in [0.1, 0.15) is 25.3 Å². The normalized spacial score (nSPS) is 17.1. The first-order valence-corrected chi connectivity index (χ1v) is 7.02. The second kappa shape index (κ2) is 5.17. The molecule has 0 amide bonds. The fraction of sp³-hybridized carbons (Fsp3) is 0.438. The summed E-state index contributed by atoms with van der Waals surface area (Å²) >= 11 is 0. The topological polar surface area (TPSA) is 36.4 Å². The Hall–Kier alpha value is -1.61. The van der Waals surface area contributed by atoms with Crippen LogP contribution in [0.15, 0.2) is 30.3 Å². The average Bonchev–Trinajstić information content (AvgIpc) is 2.46. The summed E-state index contributed by atoms with van der Waals surface area (Å²) in [6.45, 7) is 4.44. The number of anilines is 1. The van der Waals surface area contributed by atoms with Gasteiger partial charge >= 0.3 is 0 Å². The Balaban J connectivity index is 2.01. The number of piperidine rings is 1. The first-order chi connectivity index (χ1) is 9.28. The van der Waals surface area contributed by atoms with E-state index in [1.807, 2.05) is 24.3 Å². The number of benzene rings is 1. The molecule has 0 radical (unpaired) electrons. The summed E-state index contributed by atoms with van der Waals surface area (Å²) in [5.74, 6) is 1.77. The Morgan fingerprint density at radius 2 is 2.00 bits per heavy atom. The minimum Gasteiger partial charge on any atom is -0.392 e. The van der Waals surface area contributed by atoms with Gasteiger partial charge in [-0.05, 0) is 30.9 Å². The van der Waals surface area contributed by atoms with Gasteiger partial charge in [0.05, 0.1) is 12.1 Å². The fourth-order valence-corrected chi connectivity index (χ4v) is 2.76. The smallest absolute Gasteiger partial charge is 0.134 e. The Bertz CT molecular complexity index is 574. The minimum atomic E-state index is 0.0548. The standard InChI is InChI=1S/C16H20N2O/c1-12-6-8-18(9-7-12)16-14(11-19)10-13-4-2-3-5-15(13)17-16/h2-5,10,12,19H,6-9,11H2,1H3. The van der Waals surface area contributed by atoms with Crippen LogP contribution in [-0.4, -0.2) is 23.2 Å². The lowest BCUT2D eigenvalue weighted by Gasteiger charge is -2.32. The van der Waals surface area contributed by atoms with E-state index in [2.05, 4.69) is 17.9 Å². The SMILES string of the molecule is CC1CCN(c2nc3ccccc3cc2CO)CC1. The summed E-state index contributed by atoms with van der Waals surface area (Å²) in [5.41, 5.74) is 1.95. The van der Waals surface area contributed by atoms with Crippen LogP contribution in [0.25, 0.3) is 10.9 Å². The van der Waals surface area contributed by atoms with Crippen molar-refractivity contribution in [3.8, 4) is 0 Å². The lowest BCUT2D eigenvalue weighted by atomic mass is 9.99. The van der Waals surface area contributed by atoms with Crippen LogP contribution in [0, 0.1) is 5.92 Å². The van der Waals surface area contributed by atoms with Gasteiger partial charge in [0, 0.05) is 24.0 Å². The molecule has 2 heterocycles. The van der Waals surface area contributed by atoms with Crippen molar-refractivity contribution < 1.29 is 5.11 Å². The number of fused-ring (bicyclic) bond motifs is 1. The van der Waals surface area contributed by atoms with Gasteiger partial charge in [-0.3, -0.25) is 0 Å². The molecule has 3 heteroatoms. The average molecular weight is 256 g/mol. The van der Waals surface area contributed by atoms with E-state index in [4.69, 9.17) is 4.98 Å². The quantitative estimate of drug-likeness (QED) is 0.897. The number of hydrogen-bond donors (Lipinski definition) is 1. The molecular weight excluding hydrogens is 236 g/mol. The largest absolute Gasteiger partial charge is 0.392 e. The van der Waals surface area contributed by atoms with Gasteiger partial charge in [0.2, 0.25) is 0 Å². The molecule has 19 heavy (non-hydrogen) atoms. The van der Waals surface area contributed by atoms with Crippen molar-refractivity contribution >= 4 is 16.7 Å². The second-order valence-electron chi connectivity index (χ2n) is 5.49. The zero-order valence-corrected chi connectivity index (χ0v) is 11.3. The van der Waals surface area contributed by atoms with Crippen LogP contribution in [-0.2, 0) is 6.61 Å². The molecule has 0 unspecified atom stereocenters. The van der Waals surface area contributed by atoms with Crippen LogP contribution in [0.3, 0.4) is 0 Å². The number of aliphatic hydroxyl groups excluding tert-OH is 1. The highest BCUT2D eigenvalue weighted by atomic mass is 16.3. The maximum atomic E-state index is 9.59. The molecule has 0 bridgehead atoms. The Morgan fingerprint density at radius 3 is 2.74 bits per heavy atom. The summed E-state index contributed by atoms with van der Waals surface area (Å²) < 4.78 is 0. The Morgan fingerprint density at radius 1 is 1.26 bits per heavy atom. The molecule has 3 nitrogen and oxygen atoms in total. The van der Waals surface area contributed by atoms with Crippen molar-refractivity contribution in [3.63, 3.8) is 0 Å². The van der Waals surface area contributed by atoms with E-state index in [0.29, 0.717) is 0 Å². The van der Waals surface area contributed by atoms with E-state index in [9.17, 15) is 5.11 Å². The Labute approximate surface area is 113 Å². The molecule has 1 aromatic carbocycles. The lowest BCUT2D eigenvalue weighted by molar-refractivity contribution is 0.281. The molecule has 100 valence electrons. The van der Waals surface area contributed by atoms with E-state index in [0.717, 1.165) is 41.3 Å². The predicted octanol–water partition coefficient (Wildman–Crippen LogP) is 2.96. The number of aliphatic hydroxyl groups is 1. The maximum absolute atomic E-state index is 9.59. The molecule has 1 aromatic heterocycles. The monoisotopic (exact) mass is 256 g/mol. The molecule has 0 aliphatic carbocycles. The summed E-state index contributed by atoms with van der Waals surface area (Å²) in [4.78, 5) is 7.08. The zero-order valence-electron chi connectivity index (χ0n) is 11.3. The van der Waals surface area contributed by atoms with E-state index >= 15 is 0 Å². The third kappa shape index (κ3) is 2.43. The summed E-state index contributed by atoms with van der Waals surface area (Å²) in [7, 11) is 0. The van der Waals surface area contributed by atoms with E-state index < -0.39 is 0 Å². The zero-order chi connectivity index (χ0) is 13.2. The van der Waals surface area contributed by atoms with Gasteiger partial charge in [-0.25, -0.2) is 4.98 Å². The maximum Gasteiger partial charge on any atom is 0.134 e. The predicted molar refractivity (Wildman–Crippen MR) is 78.3 cm³/mol. The third-order valence-corrected chi connectivity index (χ3v) is 4.03. The van der Waals surface area contributed by atoms with Crippen molar-refractivity contribution in [1.82, 2.24) is 4.98 Å². The molecule has 0 atom stereocenters. The summed E-state index contributed by atoms with van der Waals surface area (Å²) in [6.07, 6.45) is 2.42. The fourth-order valence-electron chi connectivity index (χ4n) is 2.76. The number of hydrogen-bond acceptors (Lipinski definition) is 3. The first-order valence-electron chi connectivity index (χ1n) is 7.02. The third-order valence-electron chi connectivity index (χ3n) is 4.03. The highest BCUT2D eigenvalue weighted by molar-refractivity contribution is 5.81. The first kappa shape index (κ1) is 12.4. The summed E-state index contributed by atoms with van der Waals surface area (Å²) in [6, 6.07) is 10.2. The number of para-hydroxylation sites is 1. The highest BCUT2D eigenvalue weighted by Gasteiger charge is 2.19. The van der Waals surface area contributed by atoms with Gasteiger partial charge in [-0.2, -0.15) is 0 Å². The van der Waals surface area contributed by atoms with Crippen molar-refractivity contribution in [3.05, 3.63) is 35.9 Å². The van der Waals surface area contributed by atoms with Crippen LogP contribution in [0.5, 0.6) is 0 Å². The number of nitrogens with zero attached hydrogens (tertiary/aromatic N) is 2. The molecule has 1 saturated heterocycles. The number of rotatable bonds is 2. The molecule has 1 aliphatic heterocycles. The summed E-state index contributed by atoms with van der Waals surface area (Å²) in [5, 5.41) is 10.7. The molecule has 1 N–H and O–H groups in total. The van der Waals surface area contributed by atoms with Crippen LogP contribution < -0.4 is 4.90 Å². The van der Waals surface area contributed by atoms with Crippen LogP contribution in [0.2, 0.25) is 0 Å². The number of pyridine rings is 1. The number of aromatic nitrogens is 1. The van der Waals surface area contributed by atoms with E-state index in [1.165, 1.54) is 12.8 Å². The highest BCUT2D eigenvalue weighted by Crippen LogP contribution is 2.27. The Kier molecular flexibility index (Phi) is 3.38. The molecule has 2 aromatic rings. The van der Waals surface area contributed by atoms with Crippen molar-refractivity contribution in [2.24, 2.45) is 5.92 Å². The van der Waals surface area contributed by atoms with E-state index in [-0.39, 0.29) is 6.61 Å². The molecule has 0 saturated carbocycles. The van der Waals surface area contributed by atoms with Crippen LogP contribution >= 0.6 is 0 Å². The molecule has 1 fully saturated rings. The van der Waals surface area contributed by atoms with Crippen LogP contribution in [0.4, 0.5) is 5.82 Å². The molecule has 0 spiro atoms. The lowest BCUT2D eigenvalue weighted by Crippen LogP contribution is -2.34. The molecule has 1 aliphatic rings. The van der Waals surface area contributed by atoms with Gasteiger partial charge in [0.15, 0.2) is 0 Å². The van der Waals surface area contributed by atoms with Gasteiger partial charge < -0.3 is 10.0 Å². The van der Waals surface area contributed by atoms with E-state index in [1.54, 1.807) is 0 Å². The van der Waals surface area contributed by atoms with Gasteiger partial charge in [-0.15, -0.1) is 0 Å². The van der Waals surface area contributed by atoms with Gasteiger partial charge in [0.25, 0.3) is 0 Å². The van der Waals surface area contributed by atoms with Gasteiger partial charge in [0.1, 0.15) is 5.82 Å². The van der Waals surface area contributed by atoms with Crippen molar-refractivity contribution in [1.29, 1.82) is 0 Å². The molecule has 3 rings (SSSR count). The van der Waals surface area contributed by atoms with Crippen molar-refractivity contribution in [2.45, 2.75) is 26.4 Å². The van der Waals surface area contributed by atoms with Gasteiger partial charge in [-0.1, -0.05) is 25.1 Å².